The molecule has 0 aliphatic carbocycles. The summed E-state index contributed by atoms with van der Waals surface area (Å²) >= 11 is 3.96. The quantitative estimate of drug-likeness (QED) is 0.175. The molecule has 2 saturated heterocycles. The van der Waals surface area contributed by atoms with Crippen molar-refractivity contribution >= 4 is 35.5 Å². The van der Waals surface area contributed by atoms with Gasteiger partial charge in [0.25, 0.3) is 0 Å². The fourth-order valence-corrected chi connectivity index (χ4v) is 8.72. The van der Waals surface area contributed by atoms with Gasteiger partial charge in [-0.2, -0.15) is 23.5 Å². The Hall–Kier alpha value is -4.02. The molecule has 1 N–H and O–H groups in total. The van der Waals surface area contributed by atoms with Gasteiger partial charge in [-0.05, 0) is 92.4 Å². The molecular weight excluding hydrogens is 669 g/mol. The van der Waals surface area contributed by atoms with Gasteiger partial charge in [0.2, 0.25) is 10.9 Å². The first-order valence-corrected chi connectivity index (χ1v) is 19.6. The van der Waals surface area contributed by atoms with E-state index < -0.39 is 17.4 Å². The van der Waals surface area contributed by atoms with E-state index in [2.05, 4.69) is 0 Å². The molecule has 4 heterocycles. The second kappa shape index (κ2) is 17.8. The summed E-state index contributed by atoms with van der Waals surface area (Å²) in [6.45, 7) is 7.59. The first kappa shape index (κ1) is 37.2. The minimum atomic E-state index is -1.16. The summed E-state index contributed by atoms with van der Waals surface area (Å²) in [6.07, 6.45) is 11.5. The van der Waals surface area contributed by atoms with Crippen LogP contribution in [0.25, 0.3) is 22.3 Å². The number of hydrogen-bond donors (Lipinski definition) is 1. The molecule has 0 bridgehead atoms. The number of carboxylic acids is 1. The van der Waals surface area contributed by atoms with E-state index in [1.807, 2.05) is 101 Å². The zero-order valence-electron chi connectivity index (χ0n) is 29.1. The maximum absolute atomic E-state index is 12.9. The molecule has 2 aliphatic rings. The maximum Gasteiger partial charge on any atom is 0.343 e. The van der Waals surface area contributed by atoms with Crippen LogP contribution in [0.3, 0.4) is 0 Å². The predicted molar refractivity (Wildman–Crippen MR) is 205 cm³/mol. The lowest BCUT2D eigenvalue weighted by Gasteiger charge is -2.23. The Kier molecular flexibility index (Phi) is 13.2. The van der Waals surface area contributed by atoms with Crippen LogP contribution >= 0.6 is 23.5 Å². The van der Waals surface area contributed by atoms with Gasteiger partial charge in [-0.1, -0.05) is 59.7 Å². The lowest BCUT2D eigenvalue weighted by Crippen LogP contribution is -2.24. The first-order chi connectivity index (χ1) is 24.1. The summed E-state index contributed by atoms with van der Waals surface area (Å²) in [4.78, 5) is 49.2. The fourth-order valence-electron chi connectivity index (χ4n) is 6.31. The van der Waals surface area contributed by atoms with Gasteiger partial charge >= 0.3 is 11.9 Å². The molecular formula is C40H46N2O6S2. The largest absolute Gasteiger partial charge is 0.477 e. The van der Waals surface area contributed by atoms with Crippen LogP contribution in [0.4, 0.5) is 0 Å². The summed E-state index contributed by atoms with van der Waals surface area (Å²) in [7, 11) is 0. The van der Waals surface area contributed by atoms with Crippen molar-refractivity contribution in [2.24, 2.45) is 11.8 Å². The number of benzene rings is 2. The Morgan fingerprint density at radius 1 is 0.680 bits per heavy atom. The number of carbonyl (C=O) groups excluding carboxylic acids is 1. The Bertz CT molecular complexity index is 1890. The van der Waals surface area contributed by atoms with E-state index >= 15 is 0 Å². The van der Waals surface area contributed by atoms with Crippen LogP contribution in [0, 0.1) is 25.7 Å². The third-order valence-corrected chi connectivity index (χ3v) is 11.3. The number of aryl methyl sites for hydroxylation is 2. The van der Waals surface area contributed by atoms with E-state index in [0.717, 1.165) is 59.7 Å². The molecule has 2 fully saturated rings. The van der Waals surface area contributed by atoms with Crippen molar-refractivity contribution in [3.63, 3.8) is 0 Å². The highest BCUT2D eigenvalue weighted by Gasteiger charge is 2.21. The van der Waals surface area contributed by atoms with Gasteiger partial charge in [0.15, 0.2) is 0 Å². The second-order valence-electron chi connectivity index (χ2n) is 13.1. The Balaban J connectivity index is 0.000000195. The van der Waals surface area contributed by atoms with Gasteiger partial charge in [0.1, 0.15) is 11.1 Å². The van der Waals surface area contributed by atoms with E-state index in [-0.39, 0.29) is 23.2 Å². The van der Waals surface area contributed by atoms with Crippen LogP contribution in [-0.4, -0.2) is 55.8 Å². The number of esters is 1. The molecule has 0 amide bonds. The molecule has 0 unspecified atom stereocenters. The number of carbonyl (C=O) groups is 2. The Morgan fingerprint density at radius 2 is 1.08 bits per heavy atom. The normalized spacial score (nSPS) is 15.2. The summed E-state index contributed by atoms with van der Waals surface area (Å²) in [5.74, 6) is 4.09. The third-order valence-electron chi connectivity index (χ3n) is 9.23. The Labute approximate surface area is 302 Å². The molecule has 10 heteroatoms. The molecule has 0 saturated carbocycles. The van der Waals surface area contributed by atoms with Crippen LogP contribution < -0.4 is 10.9 Å². The van der Waals surface area contributed by atoms with Crippen molar-refractivity contribution in [2.45, 2.75) is 59.5 Å². The minimum absolute atomic E-state index is 0.120. The van der Waals surface area contributed by atoms with Crippen molar-refractivity contribution < 1.29 is 19.4 Å². The minimum Gasteiger partial charge on any atom is -0.477 e. The van der Waals surface area contributed by atoms with Crippen LogP contribution in [-0.2, 0) is 17.8 Å². The molecule has 2 aromatic heterocycles. The molecule has 6 rings (SSSR count). The van der Waals surface area contributed by atoms with Crippen LogP contribution in [0.2, 0.25) is 0 Å². The maximum atomic E-state index is 12.9. The summed E-state index contributed by atoms with van der Waals surface area (Å²) in [5, 5.41) is 9.39. The molecule has 4 aromatic rings. The second-order valence-corrected chi connectivity index (χ2v) is 15.5. The molecule has 0 spiro atoms. The standard InChI is InChI=1S/C21H25NO3S.C19H21NO3S/c1-3-25-21(24)19-14-22(12-16-8-10-26-11-9-16)13-18(20(19)23)17-6-4-15(2)5-7-17;1-13-2-4-15(5-3-13)16-11-20(10-14-6-8-24-9-7-14)12-17(18(16)21)19(22)23/h4-7,13-14,16H,3,8-12H2,1-2H3;2-5,11-12,14H,6-10H2,1H3,(H,22,23). The van der Waals surface area contributed by atoms with Gasteiger partial charge < -0.3 is 19.0 Å². The molecule has 2 aliphatic heterocycles. The number of aromatic nitrogens is 2. The van der Waals surface area contributed by atoms with Crippen molar-refractivity contribution in [3.8, 4) is 22.3 Å². The molecule has 0 radical (unpaired) electrons. The lowest BCUT2D eigenvalue weighted by molar-refractivity contribution is 0.0523. The number of pyridine rings is 2. The molecule has 8 nitrogen and oxygen atoms in total. The monoisotopic (exact) mass is 714 g/mol. The molecule has 2 aromatic carbocycles. The van der Waals surface area contributed by atoms with E-state index in [1.54, 1.807) is 19.3 Å². The highest BCUT2D eigenvalue weighted by molar-refractivity contribution is 7.99. The van der Waals surface area contributed by atoms with E-state index in [4.69, 9.17) is 4.74 Å². The smallest absolute Gasteiger partial charge is 0.343 e. The number of aromatic carboxylic acids is 1. The van der Waals surface area contributed by atoms with Crippen molar-refractivity contribution in [1.82, 2.24) is 9.13 Å². The van der Waals surface area contributed by atoms with Crippen LogP contribution in [0.15, 0.2) is 82.9 Å². The predicted octanol–water partition coefficient (Wildman–Crippen LogP) is 7.81. The SMILES string of the molecule is CCOC(=O)c1cn(CC2CCSCC2)cc(-c2ccc(C)cc2)c1=O.Cc1ccc(-c2cn(CC3CCSCC3)cc(C(=O)O)c2=O)cc1. The third kappa shape index (κ3) is 9.82. The van der Waals surface area contributed by atoms with Gasteiger partial charge in [0, 0.05) is 49.0 Å². The zero-order valence-corrected chi connectivity index (χ0v) is 30.7. The van der Waals surface area contributed by atoms with Crippen LogP contribution in [0.1, 0.15) is 64.4 Å². The highest BCUT2D eigenvalue weighted by atomic mass is 32.2. The van der Waals surface area contributed by atoms with Gasteiger partial charge in [-0.3, -0.25) is 9.59 Å². The number of carboxylic acid groups (broad SMARTS) is 1. The average molecular weight is 715 g/mol. The topological polar surface area (TPSA) is 108 Å². The van der Waals surface area contributed by atoms with Crippen molar-refractivity contribution in [3.05, 3.63) is 116 Å². The first-order valence-electron chi connectivity index (χ1n) is 17.3. The zero-order chi connectivity index (χ0) is 35.6. The number of thioether (sulfide) groups is 2. The van der Waals surface area contributed by atoms with E-state index in [9.17, 15) is 24.3 Å². The fraction of sp³-hybridized carbons (Fsp3) is 0.400. The number of rotatable bonds is 9. The van der Waals surface area contributed by atoms with E-state index in [0.29, 0.717) is 23.0 Å². The van der Waals surface area contributed by atoms with E-state index in [1.165, 1.54) is 30.5 Å². The van der Waals surface area contributed by atoms with Gasteiger partial charge in [-0.15, -0.1) is 0 Å². The summed E-state index contributed by atoms with van der Waals surface area (Å²) in [5.41, 5.74) is 4.14. The average Bonchev–Trinajstić information content (AvgIpc) is 3.11. The van der Waals surface area contributed by atoms with Gasteiger partial charge in [0.05, 0.1) is 6.61 Å². The molecule has 264 valence electrons. The van der Waals surface area contributed by atoms with Crippen LogP contribution in [0.5, 0.6) is 0 Å². The highest BCUT2D eigenvalue weighted by Crippen LogP contribution is 2.26. The number of nitrogens with zero attached hydrogens (tertiary/aromatic N) is 2. The summed E-state index contributed by atoms with van der Waals surface area (Å²) in [6, 6.07) is 15.4. The Morgan fingerprint density at radius 3 is 1.48 bits per heavy atom. The molecule has 0 atom stereocenters. The number of ether oxygens (including phenoxy) is 1. The van der Waals surface area contributed by atoms with Crippen molar-refractivity contribution in [1.29, 1.82) is 0 Å². The summed E-state index contributed by atoms with van der Waals surface area (Å²) < 4.78 is 9.00. The van der Waals surface area contributed by atoms with Crippen molar-refractivity contribution in [2.75, 3.05) is 29.6 Å². The number of hydrogen-bond acceptors (Lipinski definition) is 7. The lowest BCUT2D eigenvalue weighted by atomic mass is 10.0. The van der Waals surface area contributed by atoms with Gasteiger partial charge in [-0.25, -0.2) is 9.59 Å². The molecule has 50 heavy (non-hydrogen) atoms.